The third-order valence-corrected chi connectivity index (χ3v) is 2.40. The number of nitrogens with zero attached hydrogens (tertiary/aromatic N) is 2. The molecule has 1 rings (SSSR count). The van der Waals surface area contributed by atoms with Crippen LogP contribution in [0.2, 0.25) is 0 Å². The Morgan fingerprint density at radius 1 is 1.47 bits per heavy atom. The molecule has 0 amide bonds. The molecule has 0 spiro atoms. The third-order valence-electron chi connectivity index (χ3n) is 2.40. The zero-order valence-corrected chi connectivity index (χ0v) is 9.93. The van der Waals surface area contributed by atoms with E-state index in [9.17, 15) is 4.79 Å². The highest BCUT2D eigenvalue weighted by Gasteiger charge is 2.11. The Hall–Kier alpha value is -1.40. The summed E-state index contributed by atoms with van der Waals surface area (Å²) >= 11 is 0. The summed E-state index contributed by atoms with van der Waals surface area (Å²) < 4.78 is 4.91. The van der Waals surface area contributed by atoms with Gasteiger partial charge >= 0.3 is 5.97 Å². The number of hydrogen-bond donors (Lipinski definition) is 2. The maximum Gasteiger partial charge on any atom is 0.358 e. The monoisotopic (exact) mass is 242 g/mol. The van der Waals surface area contributed by atoms with E-state index in [-0.39, 0.29) is 12.3 Å². The first kappa shape index (κ1) is 13.7. The minimum absolute atomic E-state index is 0.0614. The van der Waals surface area contributed by atoms with Crippen molar-refractivity contribution in [3.8, 4) is 0 Å². The van der Waals surface area contributed by atoms with Gasteiger partial charge in [-0.3, -0.25) is 4.90 Å². The van der Waals surface area contributed by atoms with Crippen LogP contribution < -0.4 is 0 Å². The van der Waals surface area contributed by atoms with Crippen LogP contribution in [0, 0.1) is 0 Å². The summed E-state index contributed by atoms with van der Waals surface area (Å²) in [5.74, 6) is -0.530. The van der Waals surface area contributed by atoms with Gasteiger partial charge in [0.25, 0.3) is 0 Å². The quantitative estimate of drug-likeness (QED) is 0.660. The summed E-state index contributed by atoms with van der Waals surface area (Å²) in [7, 11) is 1.93. The number of aliphatic hydroxyl groups excluding tert-OH is 1. The van der Waals surface area contributed by atoms with Crippen LogP contribution in [0.3, 0.4) is 0 Å². The molecule has 1 aromatic rings. The molecule has 0 atom stereocenters. The van der Waals surface area contributed by atoms with Gasteiger partial charge in [0.15, 0.2) is 11.5 Å². The van der Waals surface area contributed by atoms with Crippen LogP contribution in [0.25, 0.3) is 0 Å². The van der Waals surface area contributed by atoms with Gasteiger partial charge in [0, 0.05) is 12.7 Å². The van der Waals surface area contributed by atoms with E-state index in [2.05, 4.69) is 5.16 Å². The lowest BCUT2D eigenvalue weighted by Gasteiger charge is -2.13. The highest BCUT2D eigenvalue weighted by Crippen LogP contribution is 2.07. The average molecular weight is 242 g/mol. The van der Waals surface area contributed by atoms with E-state index in [4.69, 9.17) is 14.7 Å². The number of carboxylic acid groups (broad SMARTS) is 1. The lowest BCUT2D eigenvalue weighted by atomic mass is 10.2. The molecule has 96 valence electrons. The standard InChI is InChI=1S/C11H18N2O4/c1-13(5-3-2-4-6-14)8-9-7-10(11(15)16)12-17-9/h7,14H,2-6,8H2,1H3,(H,15,16). The molecule has 0 aromatic carbocycles. The number of aliphatic hydroxyl groups is 1. The molecule has 17 heavy (non-hydrogen) atoms. The molecule has 6 nitrogen and oxygen atoms in total. The van der Waals surface area contributed by atoms with Gasteiger partial charge in [-0.05, 0) is 32.9 Å². The molecule has 0 aliphatic carbocycles. The molecular weight excluding hydrogens is 224 g/mol. The van der Waals surface area contributed by atoms with Gasteiger partial charge in [0.2, 0.25) is 0 Å². The van der Waals surface area contributed by atoms with Gasteiger partial charge in [0.1, 0.15) is 0 Å². The topological polar surface area (TPSA) is 86.8 Å². The van der Waals surface area contributed by atoms with Crippen molar-refractivity contribution in [1.29, 1.82) is 0 Å². The first-order valence-corrected chi connectivity index (χ1v) is 5.61. The fraction of sp³-hybridized carbons (Fsp3) is 0.636. The lowest BCUT2D eigenvalue weighted by Crippen LogP contribution is -2.18. The van der Waals surface area contributed by atoms with Crippen LogP contribution in [0.5, 0.6) is 0 Å². The Kier molecular flexibility index (Phi) is 5.65. The van der Waals surface area contributed by atoms with E-state index in [0.717, 1.165) is 25.8 Å². The van der Waals surface area contributed by atoms with Crippen molar-refractivity contribution in [3.05, 3.63) is 17.5 Å². The van der Waals surface area contributed by atoms with Crippen molar-refractivity contribution in [2.24, 2.45) is 0 Å². The van der Waals surface area contributed by atoms with E-state index in [1.165, 1.54) is 6.07 Å². The fourth-order valence-electron chi connectivity index (χ4n) is 1.50. The molecule has 0 radical (unpaired) electrons. The van der Waals surface area contributed by atoms with Crippen LogP contribution in [-0.4, -0.2) is 46.4 Å². The largest absolute Gasteiger partial charge is 0.476 e. The molecule has 0 aliphatic heterocycles. The Balaban J connectivity index is 2.29. The van der Waals surface area contributed by atoms with Gasteiger partial charge in [-0.1, -0.05) is 5.16 Å². The smallest absolute Gasteiger partial charge is 0.358 e. The summed E-state index contributed by atoms with van der Waals surface area (Å²) in [6, 6.07) is 1.44. The number of rotatable bonds is 8. The fourth-order valence-corrected chi connectivity index (χ4v) is 1.50. The minimum atomic E-state index is -1.08. The first-order chi connectivity index (χ1) is 8.13. The van der Waals surface area contributed by atoms with Crippen LogP contribution in [-0.2, 0) is 6.54 Å². The van der Waals surface area contributed by atoms with Crippen molar-refractivity contribution < 1.29 is 19.5 Å². The molecule has 6 heteroatoms. The number of aromatic carboxylic acids is 1. The predicted octanol–water partition coefficient (Wildman–Crippen LogP) is 0.967. The summed E-state index contributed by atoms with van der Waals surface area (Å²) in [6.45, 7) is 1.65. The molecule has 0 saturated heterocycles. The Morgan fingerprint density at radius 2 is 2.24 bits per heavy atom. The lowest BCUT2D eigenvalue weighted by molar-refractivity contribution is 0.0685. The van der Waals surface area contributed by atoms with E-state index in [1.807, 2.05) is 11.9 Å². The highest BCUT2D eigenvalue weighted by atomic mass is 16.5. The number of carboxylic acids is 1. The first-order valence-electron chi connectivity index (χ1n) is 5.61. The molecule has 0 unspecified atom stereocenters. The molecular formula is C11H18N2O4. The summed E-state index contributed by atoms with van der Waals surface area (Å²) in [6.07, 6.45) is 2.80. The number of unbranched alkanes of at least 4 members (excludes halogenated alkanes) is 2. The molecule has 0 fully saturated rings. The van der Waals surface area contributed by atoms with E-state index >= 15 is 0 Å². The van der Waals surface area contributed by atoms with Gasteiger partial charge in [0.05, 0.1) is 6.54 Å². The van der Waals surface area contributed by atoms with Crippen molar-refractivity contribution in [2.45, 2.75) is 25.8 Å². The second kappa shape index (κ2) is 7.03. The zero-order chi connectivity index (χ0) is 12.7. The average Bonchev–Trinajstić information content (AvgIpc) is 2.73. The zero-order valence-electron chi connectivity index (χ0n) is 9.93. The van der Waals surface area contributed by atoms with E-state index in [0.29, 0.717) is 12.3 Å². The molecule has 2 N–H and O–H groups in total. The second-order valence-corrected chi connectivity index (χ2v) is 4.01. The molecule has 0 aliphatic rings. The Labute approximate surface area is 99.8 Å². The maximum absolute atomic E-state index is 10.6. The molecule has 0 saturated carbocycles. The van der Waals surface area contributed by atoms with Crippen molar-refractivity contribution in [3.63, 3.8) is 0 Å². The van der Waals surface area contributed by atoms with Crippen molar-refractivity contribution in [1.82, 2.24) is 10.1 Å². The summed E-state index contributed by atoms with van der Waals surface area (Å²) in [5.41, 5.74) is -0.0614. The summed E-state index contributed by atoms with van der Waals surface area (Å²) in [5, 5.41) is 20.7. The minimum Gasteiger partial charge on any atom is -0.476 e. The Morgan fingerprint density at radius 3 is 2.82 bits per heavy atom. The van der Waals surface area contributed by atoms with Crippen LogP contribution in [0.15, 0.2) is 10.6 Å². The number of hydrogen-bond acceptors (Lipinski definition) is 5. The van der Waals surface area contributed by atoms with Crippen molar-refractivity contribution in [2.75, 3.05) is 20.2 Å². The number of carbonyl (C=O) groups is 1. The normalized spacial score (nSPS) is 11.0. The van der Waals surface area contributed by atoms with E-state index < -0.39 is 5.97 Å². The van der Waals surface area contributed by atoms with Crippen LogP contribution in [0.1, 0.15) is 35.5 Å². The predicted molar refractivity (Wildman–Crippen MR) is 60.7 cm³/mol. The van der Waals surface area contributed by atoms with Crippen LogP contribution >= 0.6 is 0 Å². The maximum atomic E-state index is 10.6. The molecule has 0 bridgehead atoms. The highest BCUT2D eigenvalue weighted by molar-refractivity contribution is 5.85. The van der Waals surface area contributed by atoms with Gasteiger partial charge in [-0.25, -0.2) is 4.79 Å². The Bertz CT molecular complexity index is 351. The third kappa shape index (κ3) is 4.97. The second-order valence-electron chi connectivity index (χ2n) is 4.01. The van der Waals surface area contributed by atoms with Gasteiger partial charge in [-0.2, -0.15) is 0 Å². The van der Waals surface area contributed by atoms with Gasteiger partial charge < -0.3 is 14.7 Å². The van der Waals surface area contributed by atoms with Crippen LogP contribution in [0.4, 0.5) is 0 Å². The summed E-state index contributed by atoms with van der Waals surface area (Å²) in [4.78, 5) is 12.6. The molecule has 1 aromatic heterocycles. The SMILES string of the molecule is CN(CCCCCO)Cc1cc(C(=O)O)no1. The van der Waals surface area contributed by atoms with Crippen molar-refractivity contribution >= 4 is 5.97 Å². The number of aromatic nitrogens is 1. The van der Waals surface area contributed by atoms with E-state index in [1.54, 1.807) is 0 Å². The molecule has 1 heterocycles. The van der Waals surface area contributed by atoms with Gasteiger partial charge in [-0.15, -0.1) is 0 Å².